The Bertz CT molecular complexity index is 217. The number of allylic oxidation sites excluding steroid dienone is 2. The Morgan fingerprint density at radius 2 is 2.00 bits per heavy atom. The van der Waals surface area contributed by atoms with Crippen LogP contribution in [-0.4, -0.2) is 17.5 Å². The number of rotatable bonds is 9. The smallest absolute Gasteiger partial charge is 0.133 e. The predicted octanol–water partition coefficient (Wildman–Crippen LogP) is 3.02. The molecule has 0 aromatic heterocycles. The third kappa shape index (κ3) is 9.42. The second kappa shape index (κ2) is 9.66. The number of carbonyl (C=O) groups excluding carboxylic acids is 1. The van der Waals surface area contributed by atoms with Gasteiger partial charge in [0.25, 0.3) is 0 Å². The molecule has 1 N–H and O–H groups in total. The number of unbranched alkanes of at least 4 members (excludes halogenated alkanes) is 2. The van der Waals surface area contributed by atoms with Crippen molar-refractivity contribution in [3.63, 3.8) is 0 Å². The molecule has 0 aliphatic heterocycles. The number of hydrogen-bond donors (Lipinski definition) is 1. The molecule has 0 aliphatic rings. The van der Waals surface area contributed by atoms with Crippen LogP contribution in [0.2, 0.25) is 0 Å². The molecule has 0 radical (unpaired) electrons. The van der Waals surface area contributed by atoms with Crippen LogP contribution in [0.1, 0.15) is 45.4 Å². The Hall–Kier alpha value is -0.890. The van der Waals surface area contributed by atoms with Crippen LogP contribution in [0.25, 0.3) is 0 Å². The molecule has 0 aliphatic carbocycles. The number of carbonyl (C=O) groups is 1. The third-order valence-electron chi connectivity index (χ3n) is 2.28. The molecule has 0 atom stereocenters. The number of aliphatic hydroxyl groups is 1. The van der Waals surface area contributed by atoms with Crippen LogP contribution in [0.4, 0.5) is 0 Å². The molecule has 0 unspecified atom stereocenters. The molecule has 0 bridgehead atoms. The van der Waals surface area contributed by atoms with Crippen LogP contribution in [0.3, 0.4) is 0 Å². The molecule has 2 nitrogen and oxygen atoms in total. The molecule has 0 aromatic rings. The second-order valence-electron chi connectivity index (χ2n) is 3.82. The van der Waals surface area contributed by atoms with Gasteiger partial charge in [-0.1, -0.05) is 17.7 Å². The standard InChI is InChI=1S/C13H22O2/c1-3-4-5-6-9-13(15)10-7-8-12(2)11-14/h3,8,14H,1,4-7,9-11H2,2H3. The maximum atomic E-state index is 11.4. The summed E-state index contributed by atoms with van der Waals surface area (Å²) in [5.41, 5.74) is 0.939. The molecule has 0 saturated carbocycles. The van der Waals surface area contributed by atoms with Crippen molar-refractivity contribution in [1.29, 1.82) is 0 Å². The Labute approximate surface area is 92.7 Å². The zero-order valence-corrected chi connectivity index (χ0v) is 9.67. The molecule has 0 heterocycles. The highest BCUT2D eigenvalue weighted by Gasteiger charge is 1.99. The van der Waals surface area contributed by atoms with Gasteiger partial charge in [-0.05, 0) is 32.6 Å². The summed E-state index contributed by atoms with van der Waals surface area (Å²) in [5, 5.41) is 8.74. The summed E-state index contributed by atoms with van der Waals surface area (Å²) in [6.45, 7) is 5.60. The number of aliphatic hydroxyl groups excluding tert-OH is 1. The molecule has 86 valence electrons. The Kier molecular flexibility index (Phi) is 9.08. The zero-order valence-electron chi connectivity index (χ0n) is 9.67. The van der Waals surface area contributed by atoms with E-state index in [1.54, 1.807) is 0 Å². The van der Waals surface area contributed by atoms with Gasteiger partial charge in [0.15, 0.2) is 0 Å². The first-order valence-electron chi connectivity index (χ1n) is 5.59. The van der Waals surface area contributed by atoms with Crippen LogP contribution < -0.4 is 0 Å². The highest BCUT2D eigenvalue weighted by Crippen LogP contribution is 2.05. The topological polar surface area (TPSA) is 37.3 Å². The fourth-order valence-electron chi connectivity index (χ4n) is 1.28. The largest absolute Gasteiger partial charge is 0.392 e. The summed E-state index contributed by atoms with van der Waals surface area (Å²) in [5.74, 6) is 0.320. The quantitative estimate of drug-likeness (QED) is 0.469. The molecule has 0 amide bonds. The minimum atomic E-state index is 0.0908. The average molecular weight is 210 g/mol. The van der Waals surface area contributed by atoms with Gasteiger partial charge in [-0.25, -0.2) is 0 Å². The summed E-state index contributed by atoms with van der Waals surface area (Å²) in [6.07, 6.45) is 8.88. The van der Waals surface area contributed by atoms with E-state index in [0.717, 1.165) is 31.3 Å². The van der Waals surface area contributed by atoms with Crippen LogP contribution in [0.15, 0.2) is 24.3 Å². The van der Waals surface area contributed by atoms with E-state index >= 15 is 0 Å². The highest BCUT2D eigenvalue weighted by molar-refractivity contribution is 5.78. The highest BCUT2D eigenvalue weighted by atomic mass is 16.3. The van der Waals surface area contributed by atoms with Crippen molar-refractivity contribution in [2.45, 2.75) is 45.4 Å². The van der Waals surface area contributed by atoms with Gasteiger partial charge in [0, 0.05) is 12.8 Å². The molecule has 0 rings (SSSR count). The summed E-state index contributed by atoms with van der Waals surface area (Å²) >= 11 is 0. The van der Waals surface area contributed by atoms with Crippen molar-refractivity contribution < 1.29 is 9.90 Å². The van der Waals surface area contributed by atoms with Crippen LogP contribution in [-0.2, 0) is 4.79 Å². The van der Waals surface area contributed by atoms with Crippen molar-refractivity contribution >= 4 is 5.78 Å². The normalized spacial score (nSPS) is 11.5. The van der Waals surface area contributed by atoms with E-state index in [2.05, 4.69) is 6.58 Å². The fourth-order valence-corrected chi connectivity index (χ4v) is 1.28. The minimum Gasteiger partial charge on any atom is -0.392 e. The lowest BCUT2D eigenvalue weighted by atomic mass is 10.1. The van der Waals surface area contributed by atoms with Crippen molar-refractivity contribution in [3.05, 3.63) is 24.3 Å². The number of Topliss-reactive ketones (excluding diaryl/α,β-unsaturated/α-hetero) is 1. The summed E-state index contributed by atoms with van der Waals surface area (Å²) in [4.78, 5) is 11.4. The SMILES string of the molecule is C=CCCCCC(=O)CCC=C(C)CO. The van der Waals surface area contributed by atoms with Gasteiger partial charge in [0.05, 0.1) is 6.61 Å². The maximum absolute atomic E-state index is 11.4. The molecule has 0 aromatic carbocycles. The molecule has 0 spiro atoms. The monoisotopic (exact) mass is 210 g/mol. The molecule has 2 heteroatoms. The number of ketones is 1. The summed E-state index contributed by atoms with van der Waals surface area (Å²) in [6, 6.07) is 0. The van der Waals surface area contributed by atoms with Crippen molar-refractivity contribution in [1.82, 2.24) is 0 Å². The Balaban J connectivity index is 3.45. The Morgan fingerprint density at radius 3 is 2.60 bits per heavy atom. The van der Waals surface area contributed by atoms with Gasteiger partial charge in [0.1, 0.15) is 5.78 Å². The van der Waals surface area contributed by atoms with Gasteiger partial charge in [0.2, 0.25) is 0 Å². The van der Waals surface area contributed by atoms with Crippen LogP contribution >= 0.6 is 0 Å². The first-order chi connectivity index (χ1) is 7.20. The Morgan fingerprint density at radius 1 is 1.27 bits per heavy atom. The maximum Gasteiger partial charge on any atom is 0.133 e. The average Bonchev–Trinajstić information content (AvgIpc) is 2.24. The zero-order chi connectivity index (χ0) is 11.5. The summed E-state index contributed by atoms with van der Waals surface area (Å²) < 4.78 is 0. The lowest BCUT2D eigenvalue weighted by molar-refractivity contribution is -0.119. The van der Waals surface area contributed by atoms with E-state index < -0.39 is 0 Å². The number of hydrogen-bond acceptors (Lipinski definition) is 2. The van der Waals surface area contributed by atoms with E-state index in [9.17, 15) is 4.79 Å². The summed E-state index contributed by atoms with van der Waals surface area (Å²) in [7, 11) is 0. The van der Waals surface area contributed by atoms with Gasteiger partial charge >= 0.3 is 0 Å². The minimum absolute atomic E-state index is 0.0908. The van der Waals surface area contributed by atoms with E-state index in [0.29, 0.717) is 18.6 Å². The van der Waals surface area contributed by atoms with Gasteiger partial charge < -0.3 is 5.11 Å². The van der Waals surface area contributed by atoms with Gasteiger partial charge in [-0.15, -0.1) is 6.58 Å². The first kappa shape index (κ1) is 14.1. The molecule has 0 saturated heterocycles. The van der Waals surface area contributed by atoms with Crippen molar-refractivity contribution in [3.8, 4) is 0 Å². The van der Waals surface area contributed by atoms with Gasteiger partial charge in [-0.3, -0.25) is 4.79 Å². The van der Waals surface area contributed by atoms with E-state index in [1.165, 1.54) is 0 Å². The van der Waals surface area contributed by atoms with E-state index in [-0.39, 0.29) is 6.61 Å². The van der Waals surface area contributed by atoms with Gasteiger partial charge in [-0.2, -0.15) is 0 Å². The molecular formula is C13H22O2. The lowest BCUT2D eigenvalue weighted by Crippen LogP contribution is -1.97. The lowest BCUT2D eigenvalue weighted by Gasteiger charge is -1.99. The third-order valence-corrected chi connectivity index (χ3v) is 2.28. The second-order valence-corrected chi connectivity index (χ2v) is 3.82. The molecule has 15 heavy (non-hydrogen) atoms. The van der Waals surface area contributed by atoms with Crippen LogP contribution in [0.5, 0.6) is 0 Å². The van der Waals surface area contributed by atoms with Crippen LogP contribution in [0, 0.1) is 0 Å². The van der Waals surface area contributed by atoms with E-state index in [4.69, 9.17) is 5.11 Å². The molecular weight excluding hydrogens is 188 g/mol. The van der Waals surface area contributed by atoms with E-state index in [1.807, 2.05) is 19.1 Å². The van der Waals surface area contributed by atoms with Crippen molar-refractivity contribution in [2.24, 2.45) is 0 Å². The molecule has 0 fully saturated rings. The predicted molar refractivity (Wildman–Crippen MR) is 63.7 cm³/mol. The fraction of sp³-hybridized carbons (Fsp3) is 0.615. The van der Waals surface area contributed by atoms with Crippen molar-refractivity contribution in [2.75, 3.05) is 6.61 Å². The first-order valence-corrected chi connectivity index (χ1v) is 5.59.